The average molecular weight is 295 g/mol. The third kappa shape index (κ3) is 3.96. The Morgan fingerprint density at radius 2 is 1.52 bits per heavy atom. The van der Waals surface area contributed by atoms with Gasteiger partial charge in [-0.05, 0) is 19.4 Å². The second-order valence-corrected chi connectivity index (χ2v) is 6.51. The van der Waals surface area contributed by atoms with E-state index in [1.54, 1.807) is 0 Å². The molecule has 0 radical (unpaired) electrons. The number of piperidine rings is 1. The molecule has 21 heavy (non-hydrogen) atoms. The highest BCUT2D eigenvalue weighted by Gasteiger charge is 2.31. The molecule has 2 heterocycles. The summed E-state index contributed by atoms with van der Waals surface area (Å²) in [6.45, 7) is 12.3. The van der Waals surface area contributed by atoms with Crippen LogP contribution in [0, 0.1) is 11.8 Å². The van der Waals surface area contributed by atoms with E-state index in [2.05, 4.69) is 11.8 Å². The van der Waals surface area contributed by atoms with Crippen molar-refractivity contribution in [2.45, 2.75) is 33.6 Å². The molecule has 0 aromatic heterocycles. The van der Waals surface area contributed by atoms with Gasteiger partial charge < -0.3 is 14.7 Å². The quantitative estimate of drug-likeness (QED) is 0.781. The Morgan fingerprint density at radius 1 is 0.952 bits per heavy atom. The van der Waals surface area contributed by atoms with E-state index in [0.29, 0.717) is 5.91 Å². The molecule has 0 unspecified atom stereocenters. The molecule has 0 aliphatic carbocycles. The maximum Gasteiger partial charge on any atom is 0.225 e. The number of carbonyl (C=O) groups is 2. The summed E-state index contributed by atoms with van der Waals surface area (Å²) in [5.74, 6) is 0.702. The van der Waals surface area contributed by atoms with Crippen LogP contribution in [0.2, 0.25) is 0 Å². The number of piperazine rings is 1. The molecule has 0 atom stereocenters. The summed E-state index contributed by atoms with van der Waals surface area (Å²) < 4.78 is 0. The molecule has 2 aliphatic rings. The monoisotopic (exact) mass is 295 g/mol. The smallest absolute Gasteiger partial charge is 0.225 e. The predicted octanol–water partition coefficient (Wildman–Crippen LogP) is 1.05. The van der Waals surface area contributed by atoms with Gasteiger partial charge in [-0.15, -0.1) is 0 Å². The molecule has 5 heteroatoms. The van der Waals surface area contributed by atoms with Crippen LogP contribution in [0.3, 0.4) is 0 Å². The molecule has 0 aromatic rings. The number of hydrogen-bond donors (Lipinski definition) is 0. The van der Waals surface area contributed by atoms with E-state index in [9.17, 15) is 9.59 Å². The van der Waals surface area contributed by atoms with Crippen molar-refractivity contribution in [1.29, 1.82) is 0 Å². The van der Waals surface area contributed by atoms with Crippen LogP contribution in [0.5, 0.6) is 0 Å². The Bertz CT molecular complexity index is 368. The number of hydrogen-bond acceptors (Lipinski definition) is 3. The lowest BCUT2D eigenvalue weighted by molar-refractivity contribution is -0.143. The molecule has 2 rings (SSSR count). The fourth-order valence-corrected chi connectivity index (χ4v) is 3.25. The van der Waals surface area contributed by atoms with E-state index in [1.165, 1.54) is 0 Å². The van der Waals surface area contributed by atoms with Crippen molar-refractivity contribution >= 4 is 11.8 Å². The Kier molecular flexibility index (Phi) is 5.62. The highest BCUT2D eigenvalue weighted by atomic mass is 16.2. The second-order valence-electron chi connectivity index (χ2n) is 6.51. The van der Waals surface area contributed by atoms with E-state index in [-0.39, 0.29) is 17.7 Å². The van der Waals surface area contributed by atoms with Gasteiger partial charge in [-0.25, -0.2) is 0 Å². The molecule has 2 fully saturated rings. The maximum absolute atomic E-state index is 12.6. The van der Waals surface area contributed by atoms with Gasteiger partial charge in [-0.1, -0.05) is 20.8 Å². The van der Waals surface area contributed by atoms with E-state index in [4.69, 9.17) is 0 Å². The second kappa shape index (κ2) is 7.25. The SMILES string of the molecule is CCN1CCN(C(=O)C2CCN(C(=O)C(C)C)CC2)CC1. The fraction of sp³-hybridized carbons (Fsp3) is 0.875. The van der Waals surface area contributed by atoms with E-state index < -0.39 is 0 Å². The summed E-state index contributed by atoms with van der Waals surface area (Å²) in [5, 5.41) is 0. The van der Waals surface area contributed by atoms with Crippen molar-refractivity contribution in [2.24, 2.45) is 11.8 Å². The highest BCUT2D eigenvalue weighted by Crippen LogP contribution is 2.21. The topological polar surface area (TPSA) is 43.9 Å². The van der Waals surface area contributed by atoms with Crippen molar-refractivity contribution in [2.75, 3.05) is 45.8 Å². The van der Waals surface area contributed by atoms with Gasteiger partial charge in [-0.3, -0.25) is 9.59 Å². The first-order chi connectivity index (χ1) is 10.0. The first-order valence-corrected chi connectivity index (χ1v) is 8.32. The van der Waals surface area contributed by atoms with Gasteiger partial charge in [0.2, 0.25) is 11.8 Å². The molecule has 0 aromatic carbocycles. The number of nitrogens with zero attached hydrogens (tertiary/aromatic N) is 3. The maximum atomic E-state index is 12.6. The standard InChI is InChI=1S/C16H29N3O2/c1-4-17-9-11-19(12-10-17)16(21)14-5-7-18(8-6-14)15(20)13(2)3/h13-14H,4-12H2,1-3H3. The number of amides is 2. The lowest BCUT2D eigenvalue weighted by Crippen LogP contribution is -2.52. The minimum Gasteiger partial charge on any atom is -0.342 e. The Morgan fingerprint density at radius 3 is 2.00 bits per heavy atom. The summed E-state index contributed by atoms with van der Waals surface area (Å²) in [5.41, 5.74) is 0. The minimum absolute atomic E-state index is 0.0550. The molecular weight excluding hydrogens is 266 g/mol. The lowest BCUT2D eigenvalue weighted by Gasteiger charge is -2.38. The van der Waals surface area contributed by atoms with Crippen LogP contribution in [0.25, 0.3) is 0 Å². The van der Waals surface area contributed by atoms with Gasteiger partial charge in [0.1, 0.15) is 0 Å². The van der Waals surface area contributed by atoms with E-state index in [0.717, 1.165) is 58.7 Å². The third-order valence-electron chi connectivity index (χ3n) is 4.78. The number of carbonyl (C=O) groups excluding carboxylic acids is 2. The van der Waals surface area contributed by atoms with E-state index >= 15 is 0 Å². The van der Waals surface area contributed by atoms with Gasteiger partial charge in [0, 0.05) is 51.1 Å². The first kappa shape index (κ1) is 16.3. The number of likely N-dealkylation sites (N-methyl/N-ethyl adjacent to an activating group) is 1. The van der Waals surface area contributed by atoms with Crippen LogP contribution in [0.15, 0.2) is 0 Å². The van der Waals surface area contributed by atoms with Crippen molar-refractivity contribution in [3.63, 3.8) is 0 Å². The van der Waals surface area contributed by atoms with Crippen LogP contribution >= 0.6 is 0 Å². The predicted molar refractivity (Wildman–Crippen MR) is 82.8 cm³/mol. The molecule has 0 spiro atoms. The number of rotatable bonds is 3. The molecule has 2 aliphatic heterocycles. The van der Waals surface area contributed by atoms with Gasteiger partial charge in [-0.2, -0.15) is 0 Å². The third-order valence-corrected chi connectivity index (χ3v) is 4.78. The van der Waals surface area contributed by atoms with Gasteiger partial charge >= 0.3 is 0 Å². The first-order valence-electron chi connectivity index (χ1n) is 8.32. The lowest BCUT2D eigenvalue weighted by atomic mass is 9.94. The molecule has 0 N–H and O–H groups in total. The molecular formula is C16H29N3O2. The summed E-state index contributed by atoms with van der Waals surface area (Å²) in [4.78, 5) is 30.9. The van der Waals surface area contributed by atoms with Crippen molar-refractivity contribution in [3.8, 4) is 0 Å². The van der Waals surface area contributed by atoms with Crippen LogP contribution in [-0.4, -0.2) is 72.3 Å². The summed E-state index contributed by atoms with van der Waals surface area (Å²) in [7, 11) is 0. The minimum atomic E-state index is 0.0550. The average Bonchev–Trinajstić information content (AvgIpc) is 2.53. The van der Waals surface area contributed by atoms with Gasteiger partial charge in [0.25, 0.3) is 0 Å². The fourth-order valence-electron chi connectivity index (χ4n) is 3.25. The Labute approximate surface area is 128 Å². The van der Waals surface area contributed by atoms with Crippen LogP contribution in [0.4, 0.5) is 0 Å². The van der Waals surface area contributed by atoms with Crippen molar-refractivity contribution in [3.05, 3.63) is 0 Å². The number of likely N-dealkylation sites (tertiary alicyclic amines) is 1. The zero-order valence-corrected chi connectivity index (χ0v) is 13.7. The van der Waals surface area contributed by atoms with Crippen molar-refractivity contribution < 1.29 is 9.59 Å². The molecule has 5 nitrogen and oxygen atoms in total. The normalized spacial score (nSPS) is 21.9. The molecule has 0 saturated carbocycles. The van der Waals surface area contributed by atoms with Crippen LogP contribution in [-0.2, 0) is 9.59 Å². The summed E-state index contributed by atoms with van der Waals surface area (Å²) in [6.07, 6.45) is 1.65. The van der Waals surface area contributed by atoms with Crippen molar-refractivity contribution in [1.82, 2.24) is 14.7 Å². The zero-order chi connectivity index (χ0) is 15.4. The highest BCUT2D eigenvalue weighted by molar-refractivity contribution is 5.81. The largest absolute Gasteiger partial charge is 0.342 e. The zero-order valence-electron chi connectivity index (χ0n) is 13.7. The molecule has 2 saturated heterocycles. The Hall–Kier alpha value is -1.10. The Balaban J connectivity index is 1.79. The van der Waals surface area contributed by atoms with Gasteiger partial charge in [0.15, 0.2) is 0 Å². The summed E-state index contributed by atoms with van der Waals surface area (Å²) in [6, 6.07) is 0. The molecule has 120 valence electrons. The molecule has 2 amide bonds. The van der Waals surface area contributed by atoms with Gasteiger partial charge in [0.05, 0.1) is 0 Å². The summed E-state index contributed by atoms with van der Waals surface area (Å²) >= 11 is 0. The molecule has 0 bridgehead atoms. The van der Waals surface area contributed by atoms with Crippen LogP contribution < -0.4 is 0 Å². The van der Waals surface area contributed by atoms with E-state index in [1.807, 2.05) is 23.6 Å². The van der Waals surface area contributed by atoms with Crippen LogP contribution in [0.1, 0.15) is 33.6 Å².